The van der Waals surface area contributed by atoms with Crippen molar-refractivity contribution < 1.29 is 4.74 Å². The number of rotatable bonds is 1. The van der Waals surface area contributed by atoms with Crippen LogP contribution >= 0.6 is 0 Å². The van der Waals surface area contributed by atoms with Gasteiger partial charge in [0.15, 0.2) is 0 Å². The summed E-state index contributed by atoms with van der Waals surface area (Å²) in [6.07, 6.45) is 4.31. The molecule has 4 heterocycles. The summed E-state index contributed by atoms with van der Waals surface area (Å²) in [4.78, 5) is 2.67. The predicted molar refractivity (Wildman–Crippen MR) is 90.6 cm³/mol. The Hall–Kier alpha value is -1.06. The first-order valence-corrected chi connectivity index (χ1v) is 9.39. The molecule has 0 amide bonds. The molecule has 6 aliphatic rings. The van der Waals surface area contributed by atoms with Gasteiger partial charge in [-0.15, -0.1) is 0 Å². The van der Waals surface area contributed by atoms with Gasteiger partial charge in [-0.05, 0) is 49.3 Å². The standard InChI is InChI=1S/C20H26N2O/c1-3-19-11-22(2)16-9-20(19)13-6-4-5-7-15(13)21-18(20)17-8-14(19)12(16)10-23-17/h4-7,12,14,16-18,21H,3,8-11H2,1-2H3/t12-,14+,16-,17?,18?,19-,20-/m0/s1. The van der Waals surface area contributed by atoms with Gasteiger partial charge in [0.25, 0.3) is 0 Å². The van der Waals surface area contributed by atoms with E-state index in [9.17, 15) is 0 Å². The summed E-state index contributed by atoms with van der Waals surface area (Å²) in [5.74, 6) is 1.61. The molecule has 7 atom stereocenters. The Labute approximate surface area is 138 Å². The number of para-hydroxylation sites is 1. The van der Waals surface area contributed by atoms with Crippen LogP contribution in [0, 0.1) is 17.3 Å². The molecule has 5 fully saturated rings. The highest BCUT2D eigenvalue weighted by atomic mass is 16.5. The van der Waals surface area contributed by atoms with Crippen LogP contribution in [0.1, 0.15) is 31.7 Å². The molecule has 7 rings (SSSR count). The van der Waals surface area contributed by atoms with Crippen LogP contribution in [0.5, 0.6) is 0 Å². The second-order valence-corrected chi connectivity index (χ2v) is 8.71. The van der Waals surface area contributed by atoms with Crippen LogP contribution in [0.4, 0.5) is 5.69 Å². The van der Waals surface area contributed by atoms with Gasteiger partial charge in [0, 0.05) is 29.6 Å². The molecular weight excluding hydrogens is 284 g/mol. The van der Waals surface area contributed by atoms with E-state index in [1.54, 1.807) is 5.56 Å². The largest absolute Gasteiger partial charge is 0.379 e. The maximum atomic E-state index is 6.42. The monoisotopic (exact) mass is 310 g/mol. The lowest BCUT2D eigenvalue weighted by atomic mass is 9.36. The fraction of sp³-hybridized carbons (Fsp3) is 0.700. The van der Waals surface area contributed by atoms with E-state index in [1.165, 1.54) is 31.5 Å². The van der Waals surface area contributed by atoms with E-state index in [-0.39, 0.29) is 0 Å². The number of hydrogen-bond donors (Lipinski definition) is 1. The third kappa shape index (κ3) is 1.21. The van der Waals surface area contributed by atoms with Crippen molar-refractivity contribution in [2.24, 2.45) is 17.3 Å². The van der Waals surface area contributed by atoms with Gasteiger partial charge in [0.1, 0.15) is 0 Å². The molecule has 5 bridgehead atoms. The van der Waals surface area contributed by atoms with Gasteiger partial charge >= 0.3 is 0 Å². The summed E-state index contributed by atoms with van der Waals surface area (Å²) >= 11 is 0. The molecule has 0 aromatic heterocycles. The first-order chi connectivity index (χ1) is 11.2. The van der Waals surface area contributed by atoms with Crippen molar-refractivity contribution in [2.45, 2.75) is 49.8 Å². The van der Waals surface area contributed by atoms with E-state index in [1.807, 2.05) is 0 Å². The number of piperidine rings is 2. The highest BCUT2D eigenvalue weighted by molar-refractivity contribution is 5.65. The van der Waals surface area contributed by atoms with E-state index in [0.717, 1.165) is 18.4 Å². The second-order valence-electron chi connectivity index (χ2n) is 8.71. The van der Waals surface area contributed by atoms with Gasteiger partial charge in [0.2, 0.25) is 0 Å². The van der Waals surface area contributed by atoms with E-state index in [2.05, 4.69) is 48.5 Å². The van der Waals surface area contributed by atoms with Crippen molar-refractivity contribution in [1.82, 2.24) is 4.90 Å². The summed E-state index contributed by atoms with van der Waals surface area (Å²) in [5, 5.41) is 3.92. The minimum absolute atomic E-state index is 0.292. The number of benzene rings is 1. The lowest BCUT2D eigenvalue weighted by Gasteiger charge is -2.74. The molecule has 122 valence electrons. The van der Waals surface area contributed by atoms with Crippen LogP contribution in [0.2, 0.25) is 0 Å². The molecule has 3 saturated heterocycles. The zero-order chi connectivity index (χ0) is 15.4. The second kappa shape index (κ2) is 3.94. The molecule has 3 heteroatoms. The van der Waals surface area contributed by atoms with Crippen molar-refractivity contribution in [3.05, 3.63) is 29.8 Å². The smallest absolute Gasteiger partial charge is 0.0788 e. The maximum absolute atomic E-state index is 6.42. The Morgan fingerprint density at radius 3 is 3.09 bits per heavy atom. The third-order valence-corrected chi connectivity index (χ3v) is 8.48. The molecule has 1 aromatic rings. The number of nitrogens with one attached hydrogen (secondary N) is 1. The average molecular weight is 310 g/mol. The lowest BCUT2D eigenvalue weighted by Crippen LogP contribution is -2.80. The molecule has 4 aliphatic heterocycles. The molecule has 2 saturated carbocycles. The average Bonchev–Trinajstić information content (AvgIpc) is 2.90. The van der Waals surface area contributed by atoms with Crippen LogP contribution in [-0.4, -0.2) is 43.3 Å². The van der Waals surface area contributed by atoms with Gasteiger partial charge in [-0.25, -0.2) is 0 Å². The molecule has 2 aliphatic carbocycles. The molecule has 1 spiro atoms. The Balaban J connectivity index is 1.67. The minimum atomic E-state index is 0.292. The van der Waals surface area contributed by atoms with Crippen LogP contribution in [0.25, 0.3) is 0 Å². The van der Waals surface area contributed by atoms with Crippen molar-refractivity contribution in [3.63, 3.8) is 0 Å². The van der Waals surface area contributed by atoms with E-state index in [4.69, 9.17) is 4.74 Å². The topological polar surface area (TPSA) is 24.5 Å². The molecule has 2 unspecified atom stereocenters. The Kier molecular flexibility index (Phi) is 2.27. The van der Waals surface area contributed by atoms with Crippen molar-refractivity contribution in [1.29, 1.82) is 0 Å². The van der Waals surface area contributed by atoms with E-state index >= 15 is 0 Å². The zero-order valence-electron chi connectivity index (χ0n) is 14.1. The van der Waals surface area contributed by atoms with Crippen molar-refractivity contribution >= 4 is 5.69 Å². The number of ether oxygens (including phenoxy) is 1. The quantitative estimate of drug-likeness (QED) is 0.863. The molecule has 1 aromatic carbocycles. The highest BCUT2D eigenvalue weighted by Gasteiger charge is 2.75. The van der Waals surface area contributed by atoms with Gasteiger partial charge in [-0.3, -0.25) is 0 Å². The minimum Gasteiger partial charge on any atom is -0.379 e. The van der Waals surface area contributed by atoms with Crippen LogP contribution in [-0.2, 0) is 10.2 Å². The summed E-state index contributed by atoms with van der Waals surface area (Å²) in [5.41, 5.74) is 3.70. The number of nitrogens with zero attached hydrogens (tertiary/aromatic N) is 1. The third-order valence-electron chi connectivity index (χ3n) is 8.48. The molecule has 3 nitrogen and oxygen atoms in total. The number of fused-ring (bicyclic) bond motifs is 4. The highest BCUT2D eigenvalue weighted by Crippen LogP contribution is 2.72. The first-order valence-electron chi connectivity index (χ1n) is 9.39. The zero-order valence-corrected chi connectivity index (χ0v) is 14.1. The summed E-state index contributed by atoms with van der Waals surface area (Å²) in [6.45, 7) is 4.71. The lowest BCUT2D eigenvalue weighted by molar-refractivity contribution is -0.258. The number of anilines is 1. The molecule has 23 heavy (non-hydrogen) atoms. The van der Waals surface area contributed by atoms with Crippen LogP contribution < -0.4 is 5.32 Å². The van der Waals surface area contributed by atoms with Crippen LogP contribution in [0.15, 0.2) is 24.3 Å². The molecule has 0 radical (unpaired) electrons. The summed E-state index contributed by atoms with van der Waals surface area (Å²) in [7, 11) is 2.36. The number of hydrogen-bond acceptors (Lipinski definition) is 3. The first kappa shape index (κ1) is 13.3. The predicted octanol–water partition coefficient (Wildman–Crippen LogP) is 2.87. The van der Waals surface area contributed by atoms with Gasteiger partial charge < -0.3 is 15.0 Å². The van der Waals surface area contributed by atoms with E-state index in [0.29, 0.717) is 29.0 Å². The van der Waals surface area contributed by atoms with Crippen molar-refractivity contribution in [3.8, 4) is 0 Å². The van der Waals surface area contributed by atoms with Gasteiger partial charge in [0.05, 0.1) is 18.8 Å². The van der Waals surface area contributed by atoms with Gasteiger partial charge in [-0.2, -0.15) is 0 Å². The van der Waals surface area contributed by atoms with E-state index < -0.39 is 0 Å². The molecule has 1 N–H and O–H groups in total. The maximum Gasteiger partial charge on any atom is 0.0788 e. The molecular formula is C20H26N2O. The van der Waals surface area contributed by atoms with Gasteiger partial charge in [-0.1, -0.05) is 25.1 Å². The fourth-order valence-electron chi connectivity index (χ4n) is 7.78. The Bertz CT molecular complexity index is 690. The normalized spacial score (nSPS) is 52.2. The Morgan fingerprint density at radius 1 is 1.35 bits per heavy atom. The SMILES string of the molecule is CC[C@@]12CN(C)[C@H]3C[C@@]14c1ccccc1NC4C1C[C@@H]2[C@@H]3CO1. The van der Waals surface area contributed by atoms with Crippen LogP contribution in [0.3, 0.4) is 0 Å². The Morgan fingerprint density at radius 2 is 2.22 bits per heavy atom. The summed E-state index contributed by atoms with van der Waals surface area (Å²) in [6, 6.07) is 10.3. The van der Waals surface area contributed by atoms with Crippen molar-refractivity contribution in [2.75, 3.05) is 25.5 Å². The summed E-state index contributed by atoms with van der Waals surface area (Å²) < 4.78 is 6.42. The fourth-order valence-corrected chi connectivity index (χ4v) is 7.78.